The van der Waals surface area contributed by atoms with Crippen LogP contribution in [-0.4, -0.2) is 26.2 Å². The lowest BCUT2D eigenvalue weighted by atomic mass is 10.1. The molecule has 0 radical (unpaired) electrons. The maximum Gasteiger partial charge on any atom is 0.354 e. The van der Waals surface area contributed by atoms with Gasteiger partial charge in [0.05, 0.1) is 0 Å². The molecule has 26 heavy (non-hydrogen) atoms. The van der Waals surface area contributed by atoms with Gasteiger partial charge in [-0.2, -0.15) is 0 Å². The fourth-order valence-electron chi connectivity index (χ4n) is 2.85. The minimum Gasteiger partial charge on any atom is -0.310 e. The fourth-order valence-corrected chi connectivity index (χ4v) is 4.15. The molecule has 0 heterocycles. The molecule has 0 N–H and O–H groups in total. The van der Waals surface area contributed by atoms with Crippen molar-refractivity contribution >= 4 is 24.6 Å². The first-order valence-corrected chi connectivity index (χ1v) is 10.0. The minimum absolute atomic E-state index is 0.476. The Labute approximate surface area is 154 Å². The van der Waals surface area contributed by atoms with Crippen LogP contribution in [-0.2, 0) is 20.0 Å². The van der Waals surface area contributed by atoms with E-state index in [0.29, 0.717) is 6.42 Å². The Kier molecular flexibility index (Phi) is 6.00. The number of hydrogen-bond donors (Lipinski definition) is 0. The van der Waals surface area contributed by atoms with Crippen molar-refractivity contribution in [2.45, 2.75) is 12.2 Å². The van der Waals surface area contributed by atoms with Gasteiger partial charge in [0.2, 0.25) is 0 Å². The zero-order chi connectivity index (χ0) is 18.4. The third-order valence-electron chi connectivity index (χ3n) is 4.30. The normalized spacial score (nSPS) is 13.3. The van der Waals surface area contributed by atoms with Crippen molar-refractivity contribution in [1.82, 2.24) is 0 Å². The molecule has 0 fully saturated rings. The Morgan fingerprint density at radius 3 is 2.27 bits per heavy atom. The van der Waals surface area contributed by atoms with Crippen molar-refractivity contribution in [3.8, 4) is 0 Å². The summed E-state index contributed by atoms with van der Waals surface area (Å²) in [4.78, 5) is 4.57. The van der Waals surface area contributed by atoms with E-state index >= 15 is 0 Å². The van der Waals surface area contributed by atoms with E-state index in [-0.39, 0.29) is 0 Å². The van der Waals surface area contributed by atoms with Crippen LogP contribution in [0.15, 0.2) is 77.8 Å². The van der Waals surface area contributed by atoms with E-state index in [1.807, 2.05) is 48.5 Å². The molecule has 1 unspecified atom stereocenters. The van der Waals surface area contributed by atoms with E-state index < -0.39 is 13.4 Å². The van der Waals surface area contributed by atoms with Gasteiger partial charge < -0.3 is 9.05 Å². The van der Waals surface area contributed by atoms with E-state index in [0.717, 1.165) is 16.5 Å². The molecule has 134 valence electrons. The Hall–Kier alpha value is -2.26. The molecule has 1 atom stereocenters. The molecule has 0 saturated carbocycles. The average Bonchev–Trinajstić information content (AvgIpc) is 2.71. The molecule has 3 aromatic carbocycles. The zero-order valence-corrected chi connectivity index (χ0v) is 15.8. The van der Waals surface area contributed by atoms with Gasteiger partial charge in [0, 0.05) is 26.9 Å². The Morgan fingerprint density at radius 2 is 1.58 bits per heavy atom. The zero-order valence-electron chi connectivity index (χ0n) is 14.9. The molecule has 3 aromatic rings. The van der Waals surface area contributed by atoms with E-state index in [4.69, 9.17) is 9.05 Å². The number of fused-ring (bicyclic) bond motifs is 1. The Morgan fingerprint density at radius 1 is 0.923 bits per heavy atom. The van der Waals surface area contributed by atoms with Gasteiger partial charge in [-0.25, -0.2) is 0 Å². The van der Waals surface area contributed by atoms with E-state index in [2.05, 4.69) is 29.3 Å². The summed E-state index contributed by atoms with van der Waals surface area (Å²) in [6.07, 6.45) is 2.22. The first-order chi connectivity index (χ1) is 12.6. The van der Waals surface area contributed by atoms with Crippen LogP contribution >= 0.6 is 7.60 Å². The number of hydrogen-bond acceptors (Lipinski definition) is 4. The number of benzene rings is 3. The highest BCUT2D eigenvalue weighted by molar-refractivity contribution is 7.54. The standard InChI is InChI=1S/C21H22NO3P/c1-24-26(23,25-2)21(15-17-8-4-3-5-9-17)22-16-18-12-13-19-10-6-7-11-20(19)14-18/h3-14,16,21H,15H2,1-2H3/b22-16+. The molecule has 0 amide bonds. The van der Waals surface area contributed by atoms with Crippen LogP contribution in [0.4, 0.5) is 0 Å². The van der Waals surface area contributed by atoms with Crippen LogP contribution in [0.3, 0.4) is 0 Å². The summed E-state index contributed by atoms with van der Waals surface area (Å²) in [7, 11) is -0.546. The maximum atomic E-state index is 12.9. The molecular formula is C21H22NO3P. The van der Waals surface area contributed by atoms with Crippen molar-refractivity contribution in [3.05, 3.63) is 83.9 Å². The molecule has 4 nitrogen and oxygen atoms in total. The number of nitrogens with zero attached hydrogens (tertiary/aromatic N) is 1. The van der Waals surface area contributed by atoms with E-state index in [1.165, 1.54) is 19.6 Å². The molecule has 0 aliphatic heterocycles. The molecule has 5 heteroatoms. The largest absolute Gasteiger partial charge is 0.354 e. The van der Waals surface area contributed by atoms with Crippen molar-refractivity contribution < 1.29 is 13.6 Å². The number of rotatable bonds is 7. The first-order valence-electron chi connectivity index (χ1n) is 8.42. The first kappa shape index (κ1) is 18.5. The number of aliphatic imine (C=N–C) groups is 1. The van der Waals surface area contributed by atoms with Gasteiger partial charge >= 0.3 is 7.60 Å². The lowest BCUT2D eigenvalue weighted by Gasteiger charge is -2.21. The van der Waals surface area contributed by atoms with Gasteiger partial charge in [0.25, 0.3) is 0 Å². The van der Waals surface area contributed by atoms with Gasteiger partial charge in [-0.3, -0.25) is 9.56 Å². The van der Waals surface area contributed by atoms with Gasteiger partial charge in [0.15, 0.2) is 5.78 Å². The second kappa shape index (κ2) is 8.41. The summed E-state index contributed by atoms with van der Waals surface area (Å²) < 4.78 is 23.3. The van der Waals surface area contributed by atoms with Crippen LogP contribution in [0.25, 0.3) is 10.8 Å². The molecular weight excluding hydrogens is 345 g/mol. The van der Waals surface area contributed by atoms with Crippen LogP contribution in [0.1, 0.15) is 11.1 Å². The topological polar surface area (TPSA) is 47.9 Å². The summed E-state index contributed by atoms with van der Waals surface area (Å²) in [5.74, 6) is -0.605. The molecule has 0 aliphatic rings. The minimum atomic E-state index is -3.34. The highest BCUT2D eigenvalue weighted by atomic mass is 31.2. The fraction of sp³-hybridized carbons (Fsp3) is 0.190. The van der Waals surface area contributed by atoms with Crippen LogP contribution in [0.5, 0.6) is 0 Å². The molecule has 0 spiro atoms. The smallest absolute Gasteiger partial charge is 0.310 e. The van der Waals surface area contributed by atoms with E-state index in [1.54, 1.807) is 6.21 Å². The third kappa shape index (κ3) is 4.28. The Bertz CT molecular complexity index is 932. The highest BCUT2D eigenvalue weighted by Gasteiger charge is 2.33. The van der Waals surface area contributed by atoms with Crippen molar-refractivity contribution in [2.24, 2.45) is 4.99 Å². The van der Waals surface area contributed by atoms with Crippen molar-refractivity contribution in [1.29, 1.82) is 0 Å². The Balaban J connectivity index is 1.90. The van der Waals surface area contributed by atoms with Crippen molar-refractivity contribution in [3.63, 3.8) is 0 Å². The second-order valence-electron chi connectivity index (χ2n) is 5.96. The molecule has 0 aliphatic carbocycles. The molecule has 3 rings (SSSR count). The van der Waals surface area contributed by atoms with Crippen molar-refractivity contribution in [2.75, 3.05) is 14.2 Å². The average molecular weight is 367 g/mol. The maximum absolute atomic E-state index is 12.9. The SMILES string of the molecule is COP(=O)(OC)C(Cc1ccccc1)/N=C/c1ccc2ccccc2c1. The quantitative estimate of drug-likeness (QED) is 0.420. The summed E-state index contributed by atoms with van der Waals surface area (Å²) in [6, 6.07) is 24.1. The highest BCUT2D eigenvalue weighted by Crippen LogP contribution is 2.53. The lowest BCUT2D eigenvalue weighted by Crippen LogP contribution is -2.13. The van der Waals surface area contributed by atoms with Gasteiger partial charge in [0.1, 0.15) is 0 Å². The monoisotopic (exact) mass is 367 g/mol. The predicted molar refractivity (Wildman–Crippen MR) is 107 cm³/mol. The molecule has 0 saturated heterocycles. The van der Waals surface area contributed by atoms with Gasteiger partial charge in [-0.1, -0.05) is 66.7 Å². The second-order valence-corrected chi connectivity index (χ2v) is 8.37. The third-order valence-corrected chi connectivity index (χ3v) is 6.37. The molecule has 0 aromatic heterocycles. The summed E-state index contributed by atoms with van der Waals surface area (Å²) in [5.41, 5.74) is 1.98. The predicted octanol–water partition coefficient (Wildman–Crippen LogP) is 5.31. The van der Waals surface area contributed by atoms with Crippen LogP contribution in [0.2, 0.25) is 0 Å². The van der Waals surface area contributed by atoms with Crippen LogP contribution in [0, 0.1) is 0 Å². The summed E-state index contributed by atoms with van der Waals surface area (Å²) >= 11 is 0. The lowest BCUT2D eigenvalue weighted by molar-refractivity contribution is 0.266. The molecule has 0 bridgehead atoms. The van der Waals surface area contributed by atoms with Crippen LogP contribution < -0.4 is 0 Å². The summed E-state index contributed by atoms with van der Waals surface area (Å²) in [5, 5.41) is 2.31. The van der Waals surface area contributed by atoms with E-state index in [9.17, 15) is 4.57 Å². The van der Waals surface area contributed by atoms with Gasteiger partial charge in [-0.05, 0) is 28.0 Å². The summed E-state index contributed by atoms with van der Waals surface area (Å²) in [6.45, 7) is 0. The van der Waals surface area contributed by atoms with Gasteiger partial charge in [-0.15, -0.1) is 0 Å².